The molecule has 3 rings (SSSR count). The van der Waals surface area contributed by atoms with Gasteiger partial charge >= 0.3 is 0 Å². The van der Waals surface area contributed by atoms with E-state index in [9.17, 15) is 5.21 Å². The molecule has 6 heteroatoms. The van der Waals surface area contributed by atoms with E-state index in [1.807, 2.05) is 37.3 Å². The maximum atomic E-state index is 12.0. The third-order valence-electron chi connectivity index (χ3n) is 3.76. The monoisotopic (exact) mass is 388 g/mol. The molecular formula is C19H14Cl2N2OS. The largest absolute Gasteiger partial charge is 0.618 e. The lowest BCUT2D eigenvalue weighted by Gasteiger charge is -2.12. The first-order valence-corrected chi connectivity index (χ1v) is 8.68. The lowest BCUT2D eigenvalue weighted by atomic mass is 10.1. The molecule has 3 nitrogen and oxygen atoms in total. The van der Waals surface area contributed by atoms with E-state index in [4.69, 9.17) is 35.4 Å². The van der Waals surface area contributed by atoms with Crippen LogP contribution in [0.5, 0.6) is 0 Å². The zero-order valence-electron chi connectivity index (χ0n) is 13.3. The number of nitrogens with one attached hydrogen (secondary N) is 1. The molecule has 0 radical (unpaired) electrons. The molecule has 0 spiro atoms. The molecule has 2 aromatic carbocycles. The predicted molar refractivity (Wildman–Crippen MR) is 107 cm³/mol. The second-order valence-corrected chi connectivity index (χ2v) is 6.72. The van der Waals surface area contributed by atoms with Crippen molar-refractivity contribution in [2.45, 2.75) is 6.92 Å². The van der Waals surface area contributed by atoms with Crippen LogP contribution >= 0.6 is 35.4 Å². The lowest BCUT2D eigenvalue weighted by molar-refractivity contribution is -0.606. The zero-order chi connectivity index (χ0) is 18.0. The van der Waals surface area contributed by atoms with Gasteiger partial charge in [-0.1, -0.05) is 53.6 Å². The molecule has 0 fully saturated rings. The number of para-hydroxylation sites is 1. The third kappa shape index (κ3) is 3.76. The van der Waals surface area contributed by atoms with E-state index < -0.39 is 0 Å². The molecule has 0 aliphatic rings. The van der Waals surface area contributed by atoms with Gasteiger partial charge in [0.1, 0.15) is 9.89 Å². The maximum Gasteiger partial charge on any atom is 0.254 e. The summed E-state index contributed by atoms with van der Waals surface area (Å²) in [4.78, 5) is 0.313. The Hall–Kier alpha value is -2.14. The Bertz CT molecular complexity index is 940. The summed E-state index contributed by atoms with van der Waals surface area (Å²) in [6.07, 6.45) is 1.36. The minimum Gasteiger partial charge on any atom is -0.618 e. The number of halogens is 2. The molecule has 25 heavy (non-hydrogen) atoms. The van der Waals surface area contributed by atoms with Crippen LogP contribution in [0.15, 0.2) is 60.8 Å². The van der Waals surface area contributed by atoms with Gasteiger partial charge in [-0.2, -0.15) is 4.73 Å². The van der Waals surface area contributed by atoms with Gasteiger partial charge < -0.3 is 10.5 Å². The van der Waals surface area contributed by atoms with Crippen molar-refractivity contribution in [3.05, 3.63) is 92.9 Å². The molecule has 1 N–H and O–H groups in total. The van der Waals surface area contributed by atoms with Crippen LogP contribution in [-0.4, -0.2) is 4.86 Å². The Balaban J connectivity index is 1.92. The normalized spacial score (nSPS) is 10.5. The highest BCUT2D eigenvalue weighted by atomic mass is 35.5. The number of aryl methyl sites for hydroxylation is 1. The minimum atomic E-state index is 0.223. The first-order chi connectivity index (χ1) is 12.0. The van der Waals surface area contributed by atoms with Gasteiger partial charge in [-0.3, -0.25) is 0 Å². The number of thiocarbonyl (C=S) groups is 1. The molecule has 1 heterocycles. The van der Waals surface area contributed by atoms with Crippen molar-refractivity contribution < 1.29 is 4.73 Å². The van der Waals surface area contributed by atoms with Crippen molar-refractivity contribution >= 4 is 51.7 Å². The lowest BCUT2D eigenvalue weighted by Crippen LogP contribution is -2.34. The van der Waals surface area contributed by atoms with Crippen LogP contribution in [0.2, 0.25) is 10.0 Å². The summed E-state index contributed by atoms with van der Waals surface area (Å²) < 4.78 is 0.653. The topological polar surface area (TPSA) is 39.0 Å². The van der Waals surface area contributed by atoms with Gasteiger partial charge in [0.2, 0.25) is 0 Å². The summed E-state index contributed by atoms with van der Waals surface area (Å²) >= 11 is 18.0. The van der Waals surface area contributed by atoms with E-state index >= 15 is 0 Å². The van der Waals surface area contributed by atoms with E-state index in [2.05, 4.69) is 5.32 Å². The number of hydrogen-bond donors (Lipinski definition) is 1. The highest BCUT2D eigenvalue weighted by Gasteiger charge is 2.20. The number of aromatic nitrogens is 1. The molecule has 3 aromatic rings. The first kappa shape index (κ1) is 17.7. The molecule has 0 unspecified atom stereocenters. The number of nitrogens with zero attached hydrogens (tertiary/aromatic N) is 1. The van der Waals surface area contributed by atoms with Crippen molar-refractivity contribution in [1.82, 2.24) is 0 Å². The average Bonchev–Trinajstić information content (AvgIpc) is 2.57. The zero-order valence-corrected chi connectivity index (χ0v) is 15.6. The molecule has 0 aliphatic heterocycles. The molecule has 1 aromatic heterocycles. The van der Waals surface area contributed by atoms with Crippen molar-refractivity contribution in [1.29, 1.82) is 0 Å². The molecule has 0 aliphatic carbocycles. The fraction of sp³-hybridized carbons (Fsp3) is 0.0526. The summed E-state index contributed by atoms with van der Waals surface area (Å²) in [6, 6.07) is 16.6. The van der Waals surface area contributed by atoms with Crippen molar-refractivity contribution in [2.24, 2.45) is 0 Å². The number of anilines is 2. The van der Waals surface area contributed by atoms with Crippen LogP contribution in [0.4, 0.5) is 11.4 Å². The van der Waals surface area contributed by atoms with Gasteiger partial charge in [0, 0.05) is 23.0 Å². The Morgan fingerprint density at radius 3 is 2.48 bits per heavy atom. The van der Waals surface area contributed by atoms with Crippen LogP contribution in [-0.2, 0) is 0 Å². The number of hydrogen-bond acceptors (Lipinski definition) is 3. The molecule has 0 saturated heterocycles. The fourth-order valence-electron chi connectivity index (χ4n) is 2.45. The van der Waals surface area contributed by atoms with Crippen LogP contribution in [0.1, 0.15) is 16.8 Å². The van der Waals surface area contributed by atoms with Gasteiger partial charge in [-0.05, 0) is 42.8 Å². The summed E-state index contributed by atoms with van der Waals surface area (Å²) in [6.45, 7) is 2.03. The Kier molecular flexibility index (Phi) is 5.23. The second-order valence-electron chi connectivity index (χ2n) is 5.49. The molecule has 0 atom stereocenters. The highest BCUT2D eigenvalue weighted by Crippen LogP contribution is 2.28. The summed E-state index contributed by atoms with van der Waals surface area (Å²) in [5.74, 6) is 0. The van der Waals surface area contributed by atoms with E-state index in [0.29, 0.717) is 25.2 Å². The quantitative estimate of drug-likeness (QED) is 0.279. The molecular weight excluding hydrogens is 375 g/mol. The fourth-order valence-corrected chi connectivity index (χ4v) is 3.46. The Labute approximate surface area is 161 Å². The summed E-state index contributed by atoms with van der Waals surface area (Å²) in [5.41, 5.74) is 3.77. The van der Waals surface area contributed by atoms with E-state index in [0.717, 1.165) is 16.9 Å². The smallest absolute Gasteiger partial charge is 0.254 e. The van der Waals surface area contributed by atoms with Crippen LogP contribution < -0.4 is 10.0 Å². The molecule has 0 amide bonds. The highest BCUT2D eigenvalue weighted by molar-refractivity contribution is 7.81. The Morgan fingerprint density at radius 1 is 1.04 bits per heavy atom. The molecule has 0 bridgehead atoms. The van der Waals surface area contributed by atoms with Gasteiger partial charge in [0.25, 0.3) is 5.69 Å². The number of pyridine rings is 1. The second kappa shape index (κ2) is 7.40. The number of benzene rings is 2. The summed E-state index contributed by atoms with van der Waals surface area (Å²) in [5, 5.41) is 16.1. The maximum absolute atomic E-state index is 12.0. The van der Waals surface area contributed by atoms with E-state index in [-0.39, 0.29) is 5.69 Å². The SMILES string of the molecule is Cc1ccccc1Nc1ccc(C(=S)c2c(Cl)ccc[n+]2[O-])c(Cl)c1. The molecule has 0 saturated carbocycles. The average molecular weight is 389 g/mol. The Morgan fingerprint density at radius 2 is 1.80 bits per heavy atom. The summed E-state index contributed by atoms with van der Waals surface area (Å²) in [7, 11) is 0. The van der Waals surface area contributed by atoms with Crippen molar-refractivity contribution in [2.75, 3.05) is 5.32 Å². The van der Waals surface area contributed by atoms with Crippen LogP contribution in [0, 0.1) is 12.1 Å². The third-order valence-corrected chi connectivity index (χ3v) is 4.79. The minimum absolute atomic E-state index is 0.223. The van der Waals surface area contributed by atoms with Crippen LogP contribution in [0.3, 0.4) is 0 Å². The standard InChI is InChI=1S/C19H14Cl2N2OS/c1-12-5-2-3-7-17(12)22-13-8-9-14(16(21)11-13)19(25)18-15(20)6-4-10-23(18)24/h2-11,22H,1H3. The van der Waals surface area contributed by atoms with Gasteiger partial charge in [-0.25, -0.2) is 0 Å². The molecule has 126 valence electrons. The predicted octanol–water partition coefficient (Wildman–Crippen LogP) is 5.45. The van der Waals surface area contributed by atoms with Gasteiger partial charge in [0.05, 0.1) is 5.02 Å². The van der Waals surface area contributed by atoms with E-state index in [1.54, 1.807) is 24.3 Å². The first-order valence-electron chi connectivity index (χ1n) is 7.52. The van der Waals surface area contributed by atoms with Crippen molar-refractivity contribution in [3.8, 4) is 0 Å². The van der Waals surface area contributed by atoms with E-state index in [1.165, 1.54) is 6.20 Å². The number of rotatable bonds is 4. The van der Waals surface area contributed by atoms with Crippen LogP contribution in [0.25, 0.3) is 0 Å². The van der Waals surface area contributed by atoms with Gasteiger partial charge in [-0.15, -0.1) is 0 Å². The van der Waals surface area contributed by atoms with Gasteiger partial charge in [0.15, 0.2) is 6.20 Å². The van der Waals surface area contributed by atoms with Crippen molar-refractivity contribution in [3.63, 3.8) is 0 Å².